The lowest BCUT2D eigenvalue weighted by Crippen LogP contribution is -2.18. The molecule has 5 heteroatoms. The van der Waals surface area contributed by atoms with Crippen LogP contribution in [0.1, 0.15) is 269 Å². The first-order valence-corrected chi connectivity index (χ1v) is 29.1. The van der Waals surface area contributed by atoms with Crippen molar-refractivity contribution in [2.45, 2.75) is 287 Å². The van der Waals surface area contributed by atoms with Gasteiger partial charge in [0.2, 0.25) is 0 Å². The minimum Gasteiger partial charge on any atom is -0.389 e. The molecule has 0 saturated heterocycles. The zero-order valence-corrected chi connectivity index (χ0v) is 47.1. The molecule has 5 aliphatic carbocycles. The summed E-state index contributed by atoms with van der Waals surface area (Å²) in [6.45, 7) is 23.9. The summed E-state index contributed by atoms with van der Waals surface area (Å²) >= 11 is 0. The van der Waals surface area contributed by atoms with Gasteiger partial charge in [-0.3, -0.25) is 9.59 Å². The predicted molar refractivity (Wildman–Crippen MR) is 299 cm³/mol. The number of ketones is 2. The SMILES string of the molecule is CC/C=C\CCC1CC(=O)C=C(C)C1.CC1=CC(O)CC(CC(C)C)C1.CCCCCC1CC(C)=CC(O)C1.CCCCCCCC1CC(=O)C=C(C)C1.CCCCCCCC1CC(C)=CC(O)C1. The fourth-order valence-corrected chi connectivity index (χ4v) is 11.5. The van der Waals surface area contributed by atoms with E-state index >= 15 is 0 Å². The Morgan fingerprint density at radius 1 is 0.449 bits per heavy atom. The van der Waals surface area contributed by atoms with E-state index < -0.39 is 0 Å². The molecule has 8 unspecified atom stereocenters. The van der Waals surface area contributed by atoms with Crippen molar-refractivity contribution in [2.75, 3.05) is 0 Å². The number of aliphatic hydroxyl groups excluding tert-OH is 3. The molecular weight excluding hydrogens is 849 g/mol. The van der Waals surface area contributed by atoms with Crippen LogP contribution in [0.2, 0.25) is 0 Å². The van der Waals surface area contributed by atoms with Crippen LogP contribution >= 0.6 is 0 Å². The standard InChI is InChI=1S/C14H26O.C14H24O.C13H20O.C12H22O.C11H20O/c2*1-3-4-5-6-7-8-13-9-12(2)10-14(15)11-13;1-3-4-5-6-7-12-8-11(2)9-13(14)10-12;1-3-4-5-6-11-7-10(2)8-12(13)9-11;1-8(2)4-10-5-9(3)6-11(12)7-10/h10,13-15H,3-9,11H2,1-2H3;10,13H,3-9,11H2,1-2H3;4-5,9,12H,3,6-8,10H2,1-2H3;8,11-13H,3-7,9H2,1-2H3;6,8,10-12H,4-5,7H2,1-3H3/b;;5-4-;;. The van der Waals surface area contributed by atoms with Crippen LogP contribution in [-0.4, -0.2) is 45.2 Å². The minimum atomic E-state index is -0.178. The van der Waals surface area contributed by atoms with Gasteiger partial charge in [0.15, 0.2) is 11.6 Å². The fraction of sp³-hybridized carbons (Fsp3) is 0.781. The molecule has 398 valence electrons. The fourth-order valence-electron chi connectivity index (χ4n) is 11.5. The number of unbranched alkanes of at least 4 members (excludes halogenated alkanes) is 10. The molecule has 0 aromatic rings. The molecule has 0 aromatic carbocycles. The Balaban J connectivity index is 0.000000432. The van der Waals surface area contributed by atoms with Gasteiger partial charge in [-0.15, -0.1) is 0 Å². The Morgan fingerprint density at radius 2 is 0.797 bits per heavy atom. The molecule has 0 saturated carbocycles. The lowest BCUT2D eigenvalue weighted by molar-refractivity contribution is -0.116. The number of hydrogen-bond donors (Lipinski definition) is 3. The van der Waals surface area contributed by atoms with Gasteiger partial charge in [-0.25, -0.2) is 0 Å². The number of rotatable bonds is 22. The van der Waals surface area contributed by atoms with Crippen LogP contribution < -0.4 is 0 Å². The van der Waals surface area contributed by atoms with Gasteiger partial charge in [0.05, 0.1) is 18.3 Å². The van der Waals surface area contributed by atoms with Crippen molar-refractivity contribution in [3.05, 3.63) is 70.4 Å². The normalized spacial score (nSPS) is 25.8. The van der Waals surface area contributed by atoms with Crippen LogP contribution in [0.25, 0.3) is 0 Å². The second-order valence-corrected chi connectivity index (χ2v) is 23.1. The molecule has 0 aliphatic heterocycles. The van der Waals surface area contributed by atoms with E-state index in [1.165, 1.54) is 156 Å². The third-order valence-electron chi connectivity index (χ3n) is 14.6. The highest BCUT2D eigenvalue weighted by atomic mass is 16.3. The topological polar surface area (TPSA) is 94.8 Å². The van der Waals surface area contributed by atoms with E-state index in [1.807, 2.05) is 24.3 Å². The third kappa shape index (κ3) is 35.4. The van der Waals surface area contributed by atoms with Crippen LogP contribution in [0.5, 0.6) is 0 Å². The molecular formula is C64H112O5. The zero-order chi connectivity index (χ0) is 51.4. The number of allylic oxidation sites excluding steroid dienone is 9. The first-order chi connectivity index (χ1) is 33.0. The second kappa shape index (κ2) is 40.2. The summed E-state index contributed by atoms with van der Waals surface area (Å²) in [5.74, 6) is 4.85. The van der Waals surface area contributed by atoms with Crippen LogP contribution in [-0.2, 0) is 9.59 Å². The molecule has 0 fully saturated rings. The van der Waals surface area contributed by atoms with Crippen molar-refractivity contribution in [3.63, 3.8) is 0 Å². The van der Waals surface area contributed by atoms with Crippen molar-refractivity contribution >= 4 is 11.6 Å². The first kappa shape index (κ1) is 64.7. The predicted octanol–water partition coefficient (Wildman–Crippen LogP) is 18.0. The maximum Gasteiger partial charge on any atom is 0.155 e. The van der Waals surface area contributed by atoms with Crippen molar-refractivity contribution in [2.24, 2.45) is 35.5 Å². The maximum absolute atomic E-state index is 11.3. The van der Waals surface area contributed by atoms with Gasteiger partial charge < -0.3 is 15.3 Å². The molecule has 0 aromatic heterocycles. The summed E-state index contributed by atoms with van der Waals surface area (Å²) in [6, 6.07) is 0. The van der Waals surface area contributed by atoms with Gasteiger partial charge in [-0.1, -0.05) is 196 Å². The Bertz CT molecular complexity index is 1540. The van der Waals surface area contributed by atoms with Crippen LogP contribution in [0, 0.1) is 35.5 Å². The van der Waals surface area contributed by atoms with Gasteiger partial charge in [-0.2, -0.15) is 0 Å². The number of carbonyl (C=O) groups excluding carboxylic acids is 2. The summed E-state index contributed by atoms with van der Waals surface area (Å²) < 4.78 is 0. The average Bonchev–Trinajstić information content (AvgIpc) is 3.24. The monoisotopic (exact) mass is 961 g/mol. The average molecular weight is 962 g/mol. The van der Waals surface area contributed by atoms with E-state index in [0.29, 0.717) is 29.3 Å². The summed E-state index contributed by atoms with van der Waals surface area (Å²) in [6.07, 6.45) is 50.0. The van der Waals surface area contributed by atoms with Crippen LogP contribution in [0.15, 0.2) is 70.4 Å². The Morgan fingerprint density at radius 3 is 1.19 bits per heavy atom. The molecule has 0 heterocycles. The van der Waals surface area contributed by atoms with E-state index in [-0.39, 0.29) is 18.3 Å². The number of carbonyl (C=O) groups is 2. The van der Waals surface area contributed by atoms with Crippen LogP contribution in [0.4, 0.5) is 0 Å². The van der Waals surface area contributed by atoms with E-state index in [2.05, 4.69) is 88.3 Å². The van der Waals surface area contributed by atoms with E-state index in [0.717, 1.165) is 82.0 Å². The van der Waals surface area contributed by atoms with Gasteiger partial charge in [0, 0.05) is 12.8 Å². The first-order valence-electron chi connectivity index (χ1n) is 29.1. The number of aliphatic hydroxyl groups is 3. The molecule has 8 atom stereocenters. The molecule has 3 N–H and O–H groups in total. The van der Waals surface area contributed by atoms with E-state index in [4.69, 9.17) is 0 Å². The third-order valence-corrected chi connectivity index (χ3v) is 14.6. The second-order valence-electron chi connectivity index (χ2n) is 23.1. The summed E-state index contributed by atoms with van der Waals surface area (Å²) in [5.41, 5.74) is 6.66. The molecule has 69 heavy (non-hydrogen) atoms. The molecule has 0 spiro atoms. The van der Waals surface area contributed by atoms with E-state index in [9.17, 15) is 24.9 Å². The lowest BCUT2D eigenvalue weighted by Gasteiger charge is -2.25. The van der Waals surface area contributed by atoms with Gasteiger partial charge in [0.1, 0.15) is 0 Å². The molecule has 0 amide bonds. The van der Waals surface area contributed by atoms with Crippen molar-refractivity contribution in [1.29, 1.82) is 0 Å². The van der Waals surface area contributed by atoms with Gasteiger partial charge in [0.25, 0.3) is 0 Å². The molecule has 5 rings (SSSR count). The summed E-state index contributed by atoms with van der Waals surface area (Å²) in [5, 5.41) is 28.6. The highest BCUT2D eigenvalue weighted by Crippen LogP contribution is 2.32. The highest BCUT2D eigenvalue weighted by molar-refractivity contribution is 5.91. The summed E-state index contributed by atoms with van der Waals surface area (Å²) in [7, 11) is 0. The highest BCUT2D eigenvalue weighted by Gasteiger charge is 2.22. The summed E-state index contributed by atoms with van der Waals surface area (Å²) in [4.78, 5) is 22.6. The zero-order valence-electron chi connectivity index (χ0n) is 47.1. The number of hydrogen-bond acceptors (Lipinski definition) is 5. The van der Waals surface area contributed by atoms with Gasteiger partial charge in [-0.05, 0) is 166 Å². The maximum atomic E-state index is 11.3. The largest absolute Gasteiger partial charge is 0.389 e. The minimum absolute atomic E-state index is 0.166. The molecule has 5 nitrogen and oxygen atoms in total. The Labute approximate surface area is 427 Å². The van der Waals surface area contributed by atoms with Crippen molar-refractivity contribution in [3.8, 4) is 0 Å². The lowest BCUT2D eigenvalue weighted by atomic mass is 9.83. The van der Waals surface area contributed by atoms with Gasteiger partial charge >= 0.3 is 0 Å². The molecule has 0 radical (unpaired) electrons. The van der Waals surface area contributed by atoms with Crippen LogP contribution in [0.3, 0.4) is 0 Å². The van der Waals surface area contributed by atoms with Crippen molar-refractivity contribution in [1.82, 2.24) is 0 Å². The quantitative estimate of drug-likeness (QED) is 0.0742. The smallest absolute Gasteiger partial charge is 0.155 e. The van der Waals surface area contributed by atoms with Crippen molar-refractivity contribution < 1.29 is 24.9 Å². The Kier molecular flexibility index (Phi) is 37.7. The van der Waals surface area contributed by atoms with E-state index in [1.54, 1.807) is 6.08 Å². The Hall–Kier alpha value is -2.34. The molecule has 0 bridgehead atoms. The molecule has 5 aliphatic rings.